The quantitative estimate of drug-likeness (QED) is 0.769. The molecular formula is C10H19NS2. The molecule has 13 heavy (non-hydrogen) atoms. The van der Waals surface area contributed by atoms with Crippen LogP contribution in [0.1, 0.15) is 25.7 Å². The standard InChI is InChI=1S/C10H19NS2/c11-4-1-9-7-10(13-8-9)2-5-12-6-3-10/h9H,1-8,11H2. The van der Waals surface area contributed by atoms with E-state index in [4.69, 9.17) is 5.73 Å². The van der Waals surface area contributed by atoms with Crippen LogP contribution >= 0.6 is 23.5 Å². The fraction of sp³-hybridized carbons (Fsp3) is 1.00. The van der Waals surface area contributed by atoms with Crippen LogP contribution < -0.4 is 5.73 Å². The number of rotatable bonds is 2. The van der Waals surface area contributed by atoms with Crippen molar-refractivity contribution in [3.8, 4) is 0 Å². The molecule has 2 heterocycles. The molecule has 2 aliphatic rings. The summed E-state index contributed by atoms with van der Waals surface area (Å²) in [6, 6.07) is 0. The van der Waals surface area contributed by atoms with Crippen LogP contribution in [0.4, 0.5) is 0 Å². The van der Waals surface area contributed by atoms with Gasteiger partial charge in [-0.2, -0.15) is 23.5 Å². The zero-order valence-electron chi connectivity index (χ0n) is 8.13. The third kappa shape index (κ3) is 2.37. The van der Waals surface area contributed by atoms with E-state index in [0.29, 0.717) is 4.75 Å². The number of nitrogens with two attached hydrogens (primary N) is 1. The Morgan fingerprint density at radius 2 is 2.08 bits per heavy atom. The van der Waals surface area contributed by atoms with Crippen molar-refractivity contribution in [3.05, 3.63) is 0 Å². The minimum absolute atomic E-state index is 0.686. The minimum atomic E-state index is 0.686. The van der Waals surface area contributed by atoms with Crippen LogP contribution in [0, 0.1) is 5.92 Å². The van der Waals surface area contributed by atoms with Gasteiger partial charge >= 0.3 is 0 Å². The van der Waals surface area contributed by atoms with Crippen molar-refractivity contribution in [2.24, 2.45) is 11.7 Å². The fourth-order valence-corrected chi connectivity index (χ4v) is 5.70. The first kappa shape index (κ1) is 10.2. The van der Waals surface area contributed by atoms with E-state index in [1.807, 2.05) is 0 Å². The van der Waals surface area contributed by atoms with Gasteiger partial charge in [-0.15, -0.1) is 0 Å². The highest BCUT2D eigenvalue weighted by atomic mass is 32.2. The Morgan fingerprint density at radius 1 is 1.31 bits per heavy atom. The van der Waals surface area contributed by atoms with Crippen LogP contribution in [0.5, 0.6) is 0 Å². The largest absolute Gasteiger partial charge is 0.330 e. The number of hydrogen-bond donors (Lipinski definition) is 1. The van der Waals surface area contributed by atoms with E-state index in [2.05, 4.69) is 23.5 Å². The van der Waals surface area contributed by atoms with Crippen LogP contribution in [0.15, 0.2) is 0 Å². The van der Waals surface area contributed by atoms with Gasteiger partial charge in [0.2, 0.25) is 0 Å². The predicted octanol–water partition coefficient (Wildman–Crippen LogP) is 2.35. The molecule has 0 amide bonds. The van der Waals surface area contributed by atoms with Gasteiger partial charge in [-0.1, -0.05) is 0 Å². The second-order valence-corrected chi connectivity index (χ2v) is 6.97. The lowest BCUT2D eigenvalue weighted by atomic mass is 9.89. The van der Waals surface area contributed by atoms with E-state index < -0.39 is 0 Å². The van der Waals surface area contributed by atoms with Crippen molar-refractivity contribution >= 4 is 23.5 Å². The molecule has 2 aliphatic heterocycles. The number of thioether (sulfide) groups is 2. The molecule has 1 nitrogen and oxygen atoms in total. The first-order valence-corrected chi connectivity index (χ1v) is 7.40. The third-order valence-corrected chi connectivity index (χ3v) is 6.08. The lowest BCUT2D eigenvalue weighted by molar-refractivity contribution is 0.425. The van der Waals surface area contributed by atoms with Gasteiger partial charge in [-0.25, -0.2) is 0 Å². The molecular weight excluding hydrogens is 198 g/mol. The molecule has 2 fully saturated rings. The fourth-order valence-electron chi connectivity index (χ4n) is 2.45. The highest BCUT2D eigenvalue weighted by Gasteiger charge is 2.40. The van der Waals surface area contributed by atoms with Crippen molar-refractivity contribution in [3.63, 3.8) is 0 Å². The summed E-state index contributed by atoms with van der Waals surface area (Å²) in [6.07, 6.45) is 5.60. The van der Waals surface area contributed by atoms with Crippen molar-refractivity contribution < 1.29 is 0 Å². The van der Waals surface area contributed by atoms with Crippen LogP contribution in [0.25, 0.3) is 0 Å². The number of hydrogen-bond acceptors (Lipinski definition) is 3. The first-order chi connectivity index (χ1) is 6.35. The molecule has 1 spiro atoms. The SMILES string of the molecule is NCCC1CSC2(CCSCC2)C1. The molecule has 0 bridgehead atoms. The van der Waals surface area contributed by atoms with E-state index in [-0.39, 0.29) is 0 Å². The van der Waals surface area contributed by atoms with Crippen molar-refractivity contribution in [2.75, 3.05) is 23.8 Å². The molecule has 0 aromatic heterocycles. The smallest absolute Gasteiger partial charge is 0.0178 e. The molecule has 0 aromatic rings. The second kappa shape index (κ2) is 4.45. The Balaban J connectivity index is 1.87. The van der Waals surface area contributed by atoms with E-state index in [0.717, 1.165) is 12.5 Å². The van der Waals surface area contributed by atoms with Gasteiger partial charge in [0.05, 0.1) is 0 Å². The van der Waals surface area contributed by atoms with E-state index in [9.17, 15) is 0 Å². The van der Waals surface area contributed by atoms with E-state index >= 15 is 0 Å². The average molecular weight is 217 g/mol. The molecule has 3 heteroatoms. The first-order valence-electron chi connectivity index (χ1n) is 5.26. The predicted molar refractivity (Wildman–Crippen MR) is 63.5 cm³/mol. The van der Waals surface area contributed by atoms with Crippen molar-refractivity contribution in [1.29, 1.82) is 0 Å². The molecule has 1 atom stereocenters. The topological polar surface area (TPSA) is 26.0 Å². The van der Waals surface area contributed by atoms with Gasteiger partial charge in [-0.3, -0.25) is 0 Å². The van der Waals surface area contributed by atoms with Crippen LogP contribution in [0.3, 0.4) is 0 Å². The van der Waals surface area contributed by atoms with Crippen LogP contribution in [-0.4, -0.2) is 28.6 Å². The lowest BCUT2D eigenvalue weighted by Crippen LogP contribution is -2.27. The lowest BCUT2D eigenvalue weighted by Gasteiger charge is -2.32. The monoisotopic (exact) mass is 217 g/mol. The van der Waals surface area contributed by atoms with Crippen LogP contribution in [-0.2, 0) is 0 Å². The van der Waals surface area contributed by atoms with Gasteiger partial charge in [0.15, 0.2) is 0 Å². The summed E-state index contributed by atoms with van der Waals surface area (Å²) in [7, 11) is 0. The van der Waals surface area contributed by atoms with Crippen molar-refractivity contribution in [1.82, 2.24) is 0 Å². The molecule has 76 valence electrons. The van der Waals surface area contributed by atoms with Gasteiger partial charge in [-0.05, 0) is 55.4 Å². The maximum atomic E-state index is 5.61. The Bertz CT molecular complexity index is 166. The molecule has 2 rings (SSSR count). The average Bonchev–Trinajstić information content (AvgIpc) is 2.51. The second-order valence-electron chi connectivity index (χ2n) is 4.25. The van der Waals surface area contributed by atoms with Gasteiger partial charge in [0.25, 0.3) is 0 Å². The highest BCUT2D eigenvalue weighted by molar-refractivity contribution is 8.01. The zero-order valence-corrected chi connectivity index (χ0v) is 9.76. The Hall–Kier alpha value is 0.660. The molecule has 0 radical (unpaired) electrons. The summed E-state index contributed by atoms with van der Waals surface area (Å²) in [5.74, 6) is 5.09. The summed E-state index contributed by atoms with van der Waals surface area (Å²) >= 11 is 4.38. The van der Waals surface area contributed by atoms with E-state index in [1.165, 1.54) is 42.9 Å². The normalized spacial score (nSPS) is 32.5. The molecule has 2 saturated heterocycles. The molecule has 0 aliphatic carbocycles. The van der Waals surface area contributed by atoms with E-state index in [1.54, 1.807) is 0 Å². The molecule has 0 aromatic carbocycles. The van der Waals surface area contributed by atoms with Gasteiger partial charge in [0, 0.05) is 4.75 Å². The summed E-state index contributed by atoms with van der Waals surface area (Å²) < 4.78 is 0.686. The Morgan fingerprint density at radius 3 is 2.77 bits per heavy atom. The molecule has 1 unspecified atom stereocenters. The Kier molecular flexibility index (Phi) is 3.49. The zero-order chi connectivity index (χ0) is 9.15. The van der Waals surface area contributed by atoms with Crippen LogP contribution in [0.2, 0.25) is 0 Å². The Labute approximate surface area is 89.6 Å². The molecule has 0 saturated carbocycles. The summed E-state index contributed by atoms with van der Waals surface area (Å²) in [5, 5.41) is 0. The highest BCUT2D eigenvalue weighted by Crippen LogP contribution is 2.50. The third-order valence-electron chi connectivity index (χ3n) is 3.26. The van der Waals surface area contributed by atoms with Crippen molar-refractivity contribution in [2.45, 2.75) is 30.4 Å². The van der Waals surface area contributed by atoms with Gasteiger partial charge < -0.3 is 5.73 Å². The summed E-state index contributed by atoms with van der Waals surface area (Å²) in [5.41, 5.74) is 5.61. The maximum Gasteiger partial charge on any atom is 0.0178 e. The summed E-state index contributed by atoms with van der Waals surface area (Å²) in [6.45, 7) is 0.885. The maximum absolute atomic E-state index is 5.61. The van der Waals surface area contributed by atoms with Gasteiger partial charge in [0.1, 0.15) is 0 Å². The summed E-state index contributed by atoms with van der Waals surface area (Å²) in [4.78, 5) is 0. The minimum Gasteiger partial charge on any atom is -0.330 e. The molecule has 2 N–H and O–H groups in total.